The van der Waals surface area contributed by atoms with Gasteiger partial charge in [-0.2, -0.15) is 0 Å². The lowest BCUT2D eigenvalue weighted by Crippen LogP contribution is -2.49. The number of carbonyl (C=O) groups is 1. The Balaban J connectivity index is 1.18. The van der Waals surface area contributed by atoms with E-state index in [0.717, 1.165) is 44.0 Å². The molecule has 0 radical (unpaired) electrons. The number of piperazine rings is 1. The first-order valence-corrected chi connectivity index (χ1v) is 11.3. The van der Waals surface area contributed by atoms with Gasteiger partial charge in [0, 0.05) is 52.7 Å². The Morgan fingerprint density at radius 3 is 2.39 bits per heavy atom. The first-order chi connectivity index (χ1) is 16.2. The van der Waals surface area contributed by atoms with Gasteiger partial charge in [-0.25, -0.2) is 0 Å². The minimum atomic E-state index is -0.415. The summed E-state index contributed by atoms with van der Waals surface area (Å²) in [5, 5.41) is 8.24. The molecule has 0 N–H and O–H groups in total. The molecule has 1 fully saturated rings. The average Bonchev–Trinajstić information content (AvgIpc) is 3.33. The fourth-order valence-electron chi connectivity index (χ4n) is 3.88. The van der Waals surface area contributed by atoms with Gasteiger partial charge in [0.25, 0.3) is 0 Å². The molecule has 3 aromatic rings. The smallest absolute Gasteiger partial charge is 0.249 e. The number of aryl methyl sites for hydroxylation is 1. The van der Waals surface area contributed by atoms with E-state index in [-0.39, 0.29) is 5.91 Å². The van der Waals surface area contributed by atoms with E-state index in [4.69, 9.17) is 13.9 Å². The molecule has 2 heterocycles. The van der Waals surface area contributed by atoms with Crippen LogP contribution in [0, 0.1) is 0 Å². The Bertz CT molecular complexity index is 988. The maximum absolute atomic E-state index is 12.7. The van der Waals surface area contributed by atoms with E-state index in [1.165, 1.54) is 0 Å². The molecule has 1 aliphatic heterocycles. The topological polar surface area (TPSA) is 80.9 Å². The number of nitrogens with zero attached hydrogens (tertiary/aromatic N) is 4. The summed E-state index contributed by atoms with van der Waals surface area (Å²) in [4.78, 5) is 16.9. The van der Waals surface area contributed by atoms with Crippen LogP contribution in [-0.2, 0) is 16.0 Å². The zero-order valence-electron chi connectivity index (χ0n) is 18.9. The number of para-hydroxylation sites is 1. The van der Waals surface area contributed by atoms with Crippen LogP contribution in [0.3, 0.4) is 0 Å². The van der Waals surface area contributed by atoms with E-state index in [2.05, 4.69) is 15.1 Å². The molecular formula is C25H30N4O4. The highest BCUT2D eigenvalue weighted by Crippen LogP contribution is 2.24. The van der Waals surface area contributed by atoms with Crippen molar-refractivity contribution in [3.63, 3.8) is 0 Å². The molecule has 1 aliphatic rings. The first kappa shape index (κ1) is 22.9. The van der Waals surface area contributed by atoms with Crippen molar-refractivity contribution in [2.75, 3.05) is 46.4 Å². The summed E-state index contributed by atoms with van der Waals surface area (Å²) in [6, 6.07) is 19.5. The molecule has 0 aliphatic carbocycles. The number of ether oxygens (including phenoxy) is 2. The quantitative estimate of drug-likeness (QED) is 0.470. The van der Waals surface area contributed by atoms with E-state index < -0.39 is 6.10 Å². The Labute approximate surface area is 194 Å². The van der Waals surface area contributed by atoms with Crippen LogP contribution in [0.1, 0.15) is 29.9 Å². The minimum absolute atomic E-state index is 0.112. The van der Waals surface area contributed by atoms with Crippen molar-refractivity contribution in [1.29, 1.82) is 0 Å². The summed E-state index contributed by atoms with van der Waals surface area (Å²) in [5.41, 5.74) is 0.943. The summed E-state index contributed by atoms with van der Waals surface area (Å²) >= 11 is 0. The molecule has 4 rings (SSSR count). The largest absolute Gasteiger partial charge is 0.492 e. The molecule has 1 amide bonds. The highest BCUT2D eigenvalue weighted by atomic mass is 16.5. The fourth-order valence-corrected chi connectivity index (χ4v) is 3.88. The van der Waals surface area contributed by atoms with Crippen molar-refractivity contribution in [3.05, 3.63) is 78.0 Å². The summed E-state index contributed by atoms with van der Waals surface area (Å²) in [7, 11) is 1.61. The predicted octanol–water partition coefficient (Wildman–Crippen LogP) is 2.96. The number of aromatic nitrogens is 2. The van der Waals surface area contributed by atoms with Crippen LogP contribution < -0.4 is 4.74 Å². The lowest BCUT2D eigenvalue weighted by molar-refractivity contribution is -0.133. The molecule has 2 aromatic carbocycles. The van der Waals surface area contributed by atoms with Gasteiger partial charge in [0.15, 0.2) is 6.10 Å². The van der Waals surface area contributed by atoms with Gasteiger partial charge in [-0.05, 0) is 17.7 Å². The van der Waals surface area contributed by atoms with Gasteiger partial charge in [0.1, 0.15) is 12.4 Å². The molecule has 8 nitrogen and oxygen atoms in total. The van der Waals surface area contributed by atoms with Crippen molar-refractivity contribution < 1.29 is 18.7 Å². The van der Waals surface area contributed by atoms with E-state index in [9.17, 15) is 4.79 Å². The molecule has 0 saturated carbocycles. The van der Waals surface area contributed by atoms with Crippen LogP contribution in [-0.4, -0.2) is 72.3 Å². The van der Waals surface area contributed by atoms with Gasteiger partial charge in [0.05, 0.1) is 0 Å². The Morgan fingerprint density at radius 1 is 1.00 bits per heavy atom. The molecule has 1 saturated heterocycles. The minimum Gasteiger partial charge on any atom is -0.492 e. The molecular weight excluding hydrogens is 420 g/mol. The monoisotopic (exact) mass is 450 g/mol. The lowest BCUT2D eigenvalue weighted by atomic mass is 10.1. The zero-order chi connectivity index (χ0) is 22.9. The second-order valence-corrected chi connectivity index (χ2v) is 7.94. The molecule has 174 valence electrons. The molecule has 1 atom stereocenters. The Kier molecular flexibility index (Phi) is 8.05. The Morgan fingerprint density at radius 2 is 1.70 bits per heavy atom. The maximum atomic E-state index is 12.7. The second-order valence-electron chi connectivity index (χ2n) is 7.94. The highest BCUT2D eigenvalue weighted by Gasteiger charge is 2.23. The highest BCUT2D eigenvalue weighted by molar-refractivity contribution is 5.76. The molecule has 0 spiro atoms. The molecule has 0 unspecified atom stereocenters. The third kappa shape index (κ3) is 6.40. The van der Waals surface area contributed by atoms with Crippen molar-refractivity contribution in [2.24, 2.45) is 0 Å². The number of carbonyl (C=O) groups excluding carboxylic acids is 1. The maximum Gasteiger partial charge on any atom is 0.249 e. The fraction of sp³-hybridized carbons (Fsp3) is 0.400. The van der Waals surface area contributed by atoms with Gasteiger partial charge in [-0.3, -0.25) is 9.69 Å². The van der Waals surface area contributed by atoms with Crippen molar-refractivity contribution in [2.45, 2.75) is 18.9 Å². The van der Waals surface area contributed by atoms with Gasteiger partial charge >= 0.3 is 0 Å². The number of hydrogen-bond acceptors (Lipinski definition) is 7. The van der Waals surface area contributed by atoms with E-state index in [1.807, 2.05) is 65.6 Å². The van der Waals surface area contributed by atoms with Crippen LogP contribution in [0.15, 0.2) is 65.1 Å². The normalized spacial score (nSPS) is 15.4. The van der Waals surface area contributed by atoms with Gasteiger partial charge in [0.2, 0.25) is 17.7 Å². The number of amides is 1. The van der Waals surface area contributed by atoms with Crippen LogP contribution in [0.25, 0.3) is 0 Å². The predicted molar refractivity (Wildman–Crippen MR) is 123 cm³/mol. The molecule has 0 bridgehead atoms. The van der Waals surface area contributed by atoms with Crippen molar-refractivity contribution in [1.82, 2.24) is 20.0 Å². The third-order valence-corrected chi connectivity index (χ3v) is 5.74. The van der Waals surface area contributed by atoms with E-state index >= 15 is 0 Å². The Hall–Kier alpha value is -3.23. The van der Waals surface area contributed by atoms with Crippen LogP contribution >= 0.6 is 0 Å². The number of rotatable bonds is 10. The van der Waals surface area contributed by atoms with Crippen LogP contribution in [0.5, 0.6) is 5.75 Å². The van der Waals surface area contributed by atoms with Crippen LogP contribution in [0.2, 0.25) is 0 Å². The molecule has 33 heavy (non-hydrogen) atoms. The number of benzene rings is 2. The number of hydrogen-bond donors (Lipinski definition) is 0. The van der Waals surface area contributed by atoms with Crippen molar-refractivity contribution in [3.8, 4) is 5.75 Å². The molecule has 8 heteroatoms. The van der Waals surface area contributed by atoms with Crippen molar-refractivity contribution >= 4 is 5.91 Å². The zero-order valence-corrected chi connectivity index (χ0v) is 18.9. The number of methoxy groups -OCH3 is 1. The van der Waals surface area contributed by atoms with E-state index in [0.29, 0.717) is 31.2 Å². The van der Waals surface area contributed by atoms with Gasteiger partial charge in [-0.1, -0.05) is 48.5 Å². The standard InChI is InChI=1S/C25H30N4O4/c1-31-24(20-8-4-2-5-9-20)25-27-26-22(33-25)12-13-23(30)29-16-14-28(15-17-29)18-19-32-21-10-6-3-7-11-21/h2-11,24H,12-19H2,1H3/t24-/m0/s1. The SMILES string of the molecule is CO[C@@H](c1ccccc1)c1nnc(CCC(=O)N2CCN(CCOc3ccccc3)CC2)o1. The van der Waals surface area contributed by atoms with Gasteiger partial charge < -0.3 is 18.8 Å². The summed E-state index contributed by atoms with van der Waals surface area (Å²) in [6.07, 6.45) is 0.353. The lowest BCUT2D eigenvalue weighted by Gasteiger charge is -2.34. The third-order valence-electron chi connectivity index (χ3n) is 5.74. The first-order valence-electron chi connectivity index (χ1n) is 11.3. The summed E-state index contributed by atoms with van der Waals surface area (Å²) < 4.78 is 17.1. The van der Waals surface area contributed by atoms with E-state index in [1.54, 1.807) is 7.11 Å². The summed E-state index contributed by atoms with van der Waals surface area (Å²) in [6.45, 7) is 4.63. The average molecular weight is 451 g/mol. The van der Waals surface area contributed by atoms with Crippen LogP contribution in [0.4, 0.5) is 0 Å². The molecule has 1 aromatic heterocycles. The second kappa shape index (κ2) is 11.6. The van der Waals surface area contributed by atoms with Gasteiger partial charge in [-0.15, -0.1) is 10.2 Å². The summed E-state index contributed by atoms with van der Waals surface area (Å²) in [5.74, 6) is 1.85.